The summed E-state index contributed by atoms with van der Waals surface area (Å²) in [5.74, 6) is 0. The molecule has 10 aromatic rings. The van der Waals surface area contributed by atoms with Gasteiger partial charge in [-0.2, -0.15) is 0 Å². The molecule has 0 aliphatic heterocycles. The molecule has 3 heteroatoms. The molecule has 3 nitrogen and oxygen atoms in total. The van der Waals surface area contributed by atoms with Gasteiger partial charge < -0.3 is 13.3 Å². The van der Waals surface area contributed by atoms with Crippen LogP contribution in [0.4, 0.5) is 0 Å². The zero-order valence-corrected chi connectivity index (χ0v) is 22.9. The van der Waals surface area contributed by atoms with E-state index in [1.54, 1.807) is 6.26 Å². The number of fused-ring (bicyclic) bond motifs is 10. The molecule has 0 N–H and O–H groups in total. The zero-order chi connectivity index (χ0) is 28.1. The second-order valence-corrected chi connectivity index (χ2v) is 11.2. The molecule has 0 saturated heterocycles. The maximum atomic E-state index is 6.70. The van der Waals surface area contributed by atoms with Crippen LogP contribution in [-0.2, 0) is 0 Å². The summed E-state index contributed by atoms with van der Waals surface area (Å²) in [5.41, 5.74) is 8.88. The van der Waals surface area contributed by atoms with Crippen LogP contribution in [-0.4, -0.2) is 0 Å². The highest BCUT2D eigenvalue weighted by Gasteiger charge is 2.21. The van der Waals surface area contributed by atoms with Crippen molar-refractivity contribution in [2.24, 2.45) is 0 Å². The Bertz CT molecular complexity index is 2680. The predicted octanol–water partition coefficient (Wildman–Crippen LogP) is 11.9. The monoisotopic (exact) mass is 550 g/mol. The second-order valence-electron chi connectivity index (χ2n) is 11.2. The van der Waals surface area contributed by atoms with Gasteiger partial charge in [0.1, 0.15) is 16.7 Å². The summed E-state index contributed by atoms with van der Waals surface area (Å²) in [6.07, 6.45) is 1.72. The van der Waals surface area contributed by atoms with Crippen molar-refractivity contribution in [1.29, 1.82) is 0 Å². The quantitative estimate of drug-likeness (QED) is 0.201. The molecule has 7 aromatic carbocycles. The van der Waals surface area contributed by atoms with Crippen molar-refractivity contribution < 1.29 is 13.3 Å². The van der Waals surface area contributed by atoms with E-state index in [-0.39, 0.29) is 0 Å². The Morgan fingerprint density at radius 1 is 0.372 bits per heavy atom. The van der Waals surface area contributed by atoms with E-state index in [1.807, 2.05) is 18.2 Å². The maximum Gasteiger partial charge on any atom is 0.178 e. The van der Waals surface area contributed by atoms with E-state index in [0.717, 1.165) is 60.4 Å². The van der Waals surface area contributed by atoms with Gasteiger partial charge in [-0.25, -0.2) is 0 Å². The van der Waals surface area contributed by atoms with Gasteiger partial charge in [0.25, 0.3) is 0 Å². The zero-order valence-electron chi connectivity index (χ0n) is 22.9. The summed E-state index contributed by atoms with van der Waals surface area (Å²) < 4.78 is 18.7. The predicted molar refractivity (Wildman–Crippen MR) is 177 cm³/mol. The van der Waals surface area contributed by atoms with Crippen LogP contribution in [0.5, 0.6) is 0 Å². The lowest BCUT2D eigenvalue weighted by atomic mass is 9.85. The lowest BCUT2D eigenvalue weighted by Gasteiger charge is -2.18. The SMILES string of the molecule is c1ccc2c(c1)oc1ccc(-c3c4ccccc4c(-c4cccc5c4oc4c5ccc5ccoc54)c4ccccc34)cc12. The fourth-order valence-electron chi connectivity index (χ4n) is 7.09. The molecule has 0 aliphatic carbocycles. The number of hydrogen-bond donors (Lipinski definition) is 0. The summed E-state index contributed by atoms with van der Waals surface area (Å²) in [7, 11) is 0. The molecular weight excluding hydrogens is 528 g/mol. The third-order valence-corrected chi connectivity index (χ3v) is 8.95. The van der Waals surface area contributed by atoms with Gasteiger partial charge in [-0.3, -0.25) is 0 Å². The molecule has 3 heterocycles. The summed E-state index contributed by atoms with van der Waals surface area (Å²) >= 11 is 0. The average molecular weight is 551 g/mol. The first-order valence-electron chi connectivity index (χ1n) is 14.5. The van der Waals surface area contributed by atoms with Gasteiger partial charge in [0, 0.05) is 38.1 Å². The van der Waals surface area contributed by atoms with Crippen LogP contribution in [0.15, 0.2) is 147 Å². The minimum atomic E-state index is 0.784. The number of hydrogen-bond acceptors (Lipinski definition) is 3. The third-order valence-electron chi connectivity index (χ3n) is 8.95. The van der Waals surface area contributed by atoms with Crippen LogP contribution < -0.4 is 0 Å². The van der Waals surface area contributed by atoms with Crippen molar-refractivity contribution in [2.45, 2.75) is 0 Å². The van der Waals surface area contributed by atoms with Crippen LogP contribution in [0.3, 0.4) is 0 Å². The number of benzene rings is 7. The van der Waals surface area contributed by atoms with Gasteiger partial charge in [-0.15, -0.1) is 0 Å². The van der Waals surface area contributed by atoms with Crippen LogP contribution in [0.2, 0.25) is 0 Å². The fraction of sp³-hybridized carbons (Fsp3) is 0. The van der Waals surface area contributed by atoms with Gasteiger partial charge in [-0.1, -0.05) is 97.1 Å². The highest BCUT2D eigenvalue weighted by atomic mass is 16.4. The molecule has 0 saturated carbocycles. The van der Waals surface area contributed by atoms with Crippen LogP contribution in [0, 0.1) is 0 Å². The Morgan fingerprint density at radius 3 is 1.81 bits per heavy atom. The smallest absolute Gasteiger partial charge is 0.178 e. The Labute approximate surface area is 245 Å². The molecule has 0 aliphatic rings. The van der Waals surface area contributed by atoms with Gasteiger partial charge in [0.15, 0.2) is 11.2 Å². The Hall–Kier alpha value is -5.80. The number of furan rings is 3. The van der Waals surface area contributed by atoms with Gasteiger partial charge >= 0.3 is 0 Å². The molecule has 10 rings (SSSR count). The van der Waals surface area contributed by atoms with E-state index in [2.05, 4.69) is 109 Å². The van der Waals surface area contributed by atoms with Crippen LogP contribution in [0.1, 0.15) is 0 Å². The summed E-state index contributed by atoms with van der Waals surface area (Å²) in [5, 5.41) is 10.2. The summed E-state index contributed by atoms with van der Waals surface area (Å²) in [6, 6.07) is 45.0. The first kappa shape index (κ1) is 22.8. The van der Waals surface area contributed by atoms with Gasteiger partial charge in [-0.05, 0) is 63.0 Å². The highest BCUT2D eigenvalue weighted by Crippen LogP contribution is 2.47. The second kappa shape index (κ2) is 8.37. The third kappa shape index (κ3) is 3.08. The molecule has 0 fully saturated rings. The van der Waals surface area contributed by atoms with E-state index >= 15 is 0 Å². The normalized spacial score (nSPS) is 12.2. The first-order chi connectivity index (χ1) is 21.3. The molecule has 0 unspecified atom stereocenters. The van der Waals surface area contributed by atoms with E-state index in [1.165, 1.54) is 38.2 Å². The van der Waals surface area contributed by atoms with Crippen molar-refractivity contribution in [2.75, 3.05) is 0 Å². The maximum absolute atomic E-state index is 6.70. The van der Waals surface area contributed by atoms with E-state index in [9.17, 15) is 0 Å². The van der Waals surface area contributed by atoms with Crippen molar-refractivity contribution in [3.8, 4) is 22.3 Å². The molecule has 200 valence electrons. The average Bonchev–Trinajstić information content (AvgIpc) is 3.78. The largest absolute Gasteiger partial charge is 0.460 e. The van der Waals surface area contributed by atoms with Gasteiger partial charge in [0.05, 0.1) is 6.26 Å². The van der Waals surface area contributed by atoms with Gasteiger partial charge in [0.2, 0.25) is 0 Å². The Balaban J connectivity index is 1.33. The van der Waals surface area contributed by atoms with E-state index < -0.39 is 0 Å². The lowest BCUT2D eigenvalue weighted by molar-refractivity contribution is 0.600. The van der Waals surface area contributed by atoms with E-state index in [4.69, 9.17) is 13.3 Å². The molecular formula is C40H22O3. The fourth-order valence-corrected chi connectivity index (χ4v) is 7.09. The van der Waals surface area contributed by atoms with Crippen LogP contribution >= 0.6 is 0 Å². The molecule has 0 bridgehead atoms. The molecule has 0 amide bonds. The number of para-hydroxylation sites is 2. The molecule has 0 atom stereocenters. The summed E-state index contributed by atoms with van der Waals surface area (Å²) in [6.45, 7) is 0. The molecule has 0 radical (unpaired) electrons. The molecule has 0 spiro atoms. The number of rotatable bonds is 2. The van der Waals surface area contributed by atoms with Crippen molar-refractivity contribution in [3.05, 3.63) is 134 Å². The van der Waals surface area contributed by atoms with Crippen molar-refractivity contribution >= 4 is 76.4 Å². The standard InChI is InChI=1S/C40H22O3/c1-3-11-28-26(9-1)36(24-17-19-35-33(22-24)25-8-5-6-15-34(25)42-35)27-10-2-4-12-29(27)37(28)32-14-7-13-30-31-18-16-23-20-21-41-38(23)40(31)43-39(30)32/h1-22H. The molecule has 3 aromatic heterocycles. The van der Waals surface area contributed by atoms with Crippen LogP contribution in [0.25, 0.3) is 98.6 Å². The van der Waals surface area contributed by atoms with E-state index in [0.29, 0.717) is 0 Å². The molecule has 43 heavy (non-hydrogen) atoms. The highest BCUT2D eigenvalue weighted by molar-refractivity contribution is 6.25. The minimum absolute atomic E-state index is 0.784. The summed E-state index contributed by atoms with van der Waals surface area (Å²) in [4.78, 5) is 0. The van der Waals surface area contributed by atoms with Crippen molar-refractivity contribution in [1.82, 2.24) is 0 Å². The van der Waals surface area contributed by atoms with Crippen molar-refractivity contribution in [3.63, 3.8) is 0 Å². The topological polar surface area (TPSA) is 39.4 Å². The Morgan fingerprint density at radius 2 is 1.02 bits per heavy atom. The minimum Gasteiger partial charge on any atom is -0.460 e. The Kier molecular flexibility index (Phi) is 4.45. The first-order valence-corrected chi connectivity index (χ1v) is 14.5. The lowest BCUT2D eigenvalue weighted by Crippen LogP contribution is -1.91.